The van der Waals surface area contributed by atoms with Gasteiger partial charge in [0.15, 0.2) is 0 Å². The van der Waals surface area contributed by atoms with E-state index in [2.05, 4.69) is 57.5 Å². The van der Waals surface area contributed by atoms with Gasteiger partial charge in [0, 0.05) is 42.2 Å². The quantitative estimate of drug-likeness (QED) is 0.547. The Morgan fingerprint density at radius 2 is 2.04 bits per heavy atom. The van der Waals surface area contributed by atoms with Gasteiger partial charge >= 0.3 is 0 Å². The molecule has 0 atom stereocenters. The Bertz CT molecular complexity index is 1020. The minimum Gasteiger partial charge on any atom is -0.360 e. The molecule has 0 fully saturated rings. The molecule has 0 saturated heterocycles. The highest BCUT2D eigenvalue weighted by Crippen LogP contribution is 2.34. The molecule has 0 spiro atoms. The molecule has 5 rings (SSSR count). The molecular weight excluding hydrogens is 330 g/mol. The Morgan fingerprint density at radius 1 is 1.12 bits per heavy atom. The highest BCUT2D eigenvalue weighted by atomic mass is 32.1. The lowest BCUT2D eigenvalue weighted by molar-refractivity contribution is 0.228. The number of fused-ring (bicyclic) bond motifs is 2. The molecule has 3 heterocycles. The first-order chi connectivity index (χ1) is 12.4. The van der Waals surface area contributed by atoms with Crippen LogP contribution >= 0.6 is 11.3 Å². The van der Waals surface area contributed by atoms with Gasteiger partial charge in [0.25, 0.3) is 0 Å². The number of rotatable bonds is 3. The van der Waals surface area contributed by atoms with Crippen LogP contribution in [0.3, 0.4) is 0 Å². The van der Waals surface area contributed by atoms with E-state index in [4.69, 9.17) is 4.52 Å². The Balaban J connectivity index is 1.53. The number of benzene rings is 2. The number of nitrogens with zero attached hydrogens (tertiary/aromatic N) is 3. The van der Waals surface area contributed by atoms with Crippen molar-refractivity contribution in [2.24, 2.45) is 0 Å². The summed E-state index contributed by atoms with van der Waals surface area (Å²) in [4.78, 5) is 6.84. The zero-order chi connectivity index (χ0) is 16.6. The molecule has 0 unspecified atom stereocenters. The van der Waals surface area contributed by atoms with Gasteiger partial charge in [0.05, 0.1) is 6.54 Å². The molecule has 0 aliphatic carbocycles. The summed E-state index contributed by atoms with van der Waals surface area (Å²) >= 11 is 1.71. The fraction of sp³-hybridized carbons (Fsp3) is 0.200. The summed E-state index contributed by atoms with van der Waals surface area (Å²) in [5.74, 6) is 1.03. The average molecular weight is 347 g/mol. The van der Waals surface area contributed by atoms with Crippen LogP contribution in [0.25, 0.3) is 22.0 Å². The van der Waals surface area contributed by atoms with Crippen LogP contribution in [0.5, 0.6) is 0 Å². The first kappa shape index (κ1) is 14.8. The topological polar surface area (TPSA) is 42.2 Å². The van der Waals surface area contributed by atoms with Crippen molar-refractivity contribution in [2.75, 3.05) is 6.54 Å². The number of thiazole rings is 1. The number of hydrogen-bond acceptors (Lipinski definition) is 5. The summed E-state index contributed by atoms with van der Waals surface area (Å²) in [6.07, 6.45) is 2.77. The van der Waals surface area contributed by atoms with E-state index in [-0.39, 0.29) is 0 Å². The van der Waals surface area contributed by atoms with Gasteiger partial charge in [-0.1, -0.05) is 47.6 Å². The molecule has 0 saturated carbocycles. The summed E-state index contributed by atoms with van der Waals surface area (Å²) in [6.45, 7) is 2.73. The molecule has 0 radical (unpaired) electrons. The van der Waals surface area contributed by atoms with Crippen molar-refractivity contribution in [3.63, 3.8) is 0 Å². The van der Waals surface area contributed by atoms with Gasteiger partial charge in [0.1, 0.15) is 16.5 Å². The third-order valence-corrected chi connectivity index (χ3v) is 5.56. The lowest BCUT2D eigenvalue weighted by Crippen LogP contribution is -2.29. The molecule has 2 aromatic carbocycles. The fourth-order valence-corrected chi connectivity index (χ4v) is 4.22. The van der Waals surface area contributed by atoms with Crippen LogP contribution in [0.15, 0.2) is 58.6 Å². The highest BCUT2D eigenvalue weighted by molar-refractivity contribution is 7.09. The standard InChI is InChI=1S/C20H17N3OS/c1-2-6-15-14(4-1)5-3-7-16(15)20-17-12-23(10-8-18(17)24-22-20)13-19-21-9-11-25-19/h1-7,9,11H,8,10,12-13H2. The molecule has 2 aromatic heterocycles. The van der Waals surface area contributed by atoms with Crippen molar-refractivity contribution in [3.05, 3.63) is 70.4 Å². The minimum atomic E-state index is 0.858. The van der Waals surface area contributed by atoms with Crippen LogP contribution in [0.4, 0.5) is 0 Å². The molecule has 0 amide bonds. The van der Waals surface area contributed by atoms with Crippen molar-refractivity contribution in [1.82, 2.24) is 15.0 Å². The van der Waals surface area contributed by atoms with Crippen molar-refractivity contribution in [2.45, 2.75) is 19.5 Å². The molecule has 0 bridgehead atoms. The first-order valence-electron chi connectivity index (χ1n) is 8.45. The van der Waals surface area contributed by atoms with Gasteiger partial charge in [-0.2, -0.15) is 0 Å². The van der Waals surface area contributed by atoms with E-state index in [0.29, 0.717) is 0 Å². The van der Waals surface area contributed by atoms with E-state index in [1.54, 1.807) is 11.3 Å². The largest absolute Gasteiger partial charge is 0.360 e. The van der Waals surface area contributed by atoms with Gasteiger partial charge in [-0.05, 0) is 10.8 Å². The van der Waals surface area contributed by atoms with Crippen molar-refractivity contribution in [3.8, 4) is 11.3 Å². The minimum absolute atomic E-state index is 0.858. The number of aromatic nitrogens is 2. The molecule has 5 heteroatoms. The predicted molar refractivity (Wildman–Crippen MR) is 99.4 cm³/mol. The molecule has 25 heavy (non-hydrogen) atoms. The lowest BCUT2D eigenvalue weighted by atomic mass is 9.97. The van der Waals surface area contributed by atoms with Gasteiger partial charge in [-0.15, -0.1) is 11.3 Å². The van der Waals surface area contributed by atoms with E-state index in [1.807, 2.05) is 11.6 Å². The van der Waals surface area contributed by atoms with Crippen LogP contribution in [0.2, 0.25) is 0 Å². The zero-order valence-corrected chi connectivity index (χ0v) is 14.5. The maximum atomic E-state index is 5.68. The van der Waals surface area contributed by atoms with Gasteiger partial charge in [-0.3, -0.25) is 4.90 Å². The third-order valence-electron chi connectivity index (χ3n) is 4.79. The van der Waals surface area contributed by atoms with Crippen molar-refractivity contribution < 1.29 is 4.52 Å². The van der Waals surface area contributed by atoms with Gasteiger partial charge in [-0.25, -0.2) is 4.98 Å². The molecule has 1 aliphatic rings. The van der Waals surface area contributed by atoms with Crippen LogP contribution in [-0.2, 0) is 19.5 Å². The smallest absolute Gasteiger partial charge is 0.143 e. The summed E-state index contributed by atoms with van der Waals surface area (Å²) in [5.41, 5.74) is 3.36. The van der Waals surface area contributed by atoms with E-state index >= 15 is 0 Å². The Hall–Kier alpha value is -2.50. The average Bonchev–Trinajstić information content (AvgIpc) is 3.31. The summed E-state index contributed by atoms with van der Waals surface area (Å²) < 4.78 is 5.68. The maximum absolute atomic E-state index is 5.68. The third kappa shape index (κ3) is 2.65. The van der Waals surface area contributed by atoms with Gasteiger partial charge < -0.3 is 4.52 Å². The monoisotopic (exact) mass is 347 g/mol. The maximum Gasteiger partial charge on any atom is 0.143 e. The molecule has 0 N–H and O–H groups in total. The second-order valence-corrected chi connectivity index (χ2v) is 7.33. The predicted octanol–water partition coefficient (Wildman–Crippen LogP) is 4.51. The lowest BCUT2D eigenvalue weighted by Gasteiger charge is -2.25. The molecule has 124 valence electrons. The van der Waals surface area contributed by atoms with E-state index in [1.165, 1.54) is 16.3 Å². The summed E-state index contributed by atoms with van der Waals surface area (Å²) in [6, 6.07) is 14.8. The zero-order valence-electron chi connectivity index (χ0n) is 13.7. The second-order valence-electron chi connectivity index (χ2n) is 6.35. The van der Waals surface area contributed by atoms with E-state index < -0.39 is 0 Å². The van der Waals surface area contributed by atoms with Crippen LogP contribution in [-0.4, -0.2) is 21.6 Å². The SMILES string of the molecule is c1ccc2c(-c3noc4c3CN(Cc3nccs3)CC4)cccc2c1. The molecule has 4 aromatic rings. The second kappa shape index (κ2) is 6.10. The van der Waals surface area contributed by atoms with Gasteiger partial charge in [0.2, 0.25) is 0 Å². The first-order valence-corrected chi connectivity index (χ1v) is 9.33. The Morgan fingerprint density at radius 3 is 2.96 bits per heavy atom. The molecule has 4 nitrogen and oxygen atoms in total. The molecule has 1 aliphatic heterocycles. The van der Waals surface area contributed by atoms with Crippen molar-refractivity contribution >= 4 is 22.1 Å². The van der Waals surface area contributed by atoms with E-state index in [9.17, 15) is 0 Å². The Labute approximate surface area is 149 Å². The van der Waals surface area contributed by atoms with Crippen molar-refractivity contribution in [1.29, 1.82) is 0 Å². The summed E-state index contributed by atoms with van der Waals surface area (Å²) in [5, 5.41) is 10.1. The fourth-order valence-electron chi connectivity index (χ4n) is 3.57. The van der Waals surface area contributed by atoms with E-state index in [0.717, 1.165) is 48.1 Å². The highest BCUT2D eigenvalue weighted by Gasteiger charge is 2.26. The Kier molecular flexibility index (Phi) is 3.61. The normalized spacial score (nSPS) is 14.7. The van der Waals surface area contributed by atoms with Crippen LogP contribution < -0.4 is 0 Å². The number of hydrogen-bond donors (Lipinski definition) is 0. The van der Waals surface area contributed by atoms with Crippen LogP contribution in [0.1, 0.15) is 16.3 Å². The summed E-state index contributed by atoms with van der Waals surface area (Å²) in [7, 11) is 0. The van der Waals surface area contributed by atoms with Crippen LogP contribution in [0, 0.1) is 0 Å². The molecular formula is C20H17N3OS.